The van der Waals surface area contributed by atoms with Gasteiger partial charge in [0.15, 0.2) is 0 Å². The van der Waals surface area contributed by atoms with Crippen LogP contribution in [0, 0.1) is 12.3 Å². The van der Waals surface area contributed by atoms with E-state index in [2.05, 4.69) is 50.1 Å². The fourth-order valence-corrected chi connectivity index (χ4v) is 2.33. The van der Waals surface area contributed by atoms with Gasteiger partial charge in [-0.25, -0.2) is 0 Å². The summed E-state index contributed by atoms with van der Waals surface area (Å²) in [5.74, 6) is 2.71. The molecule has 0 saturated carbocycles. The Balaban J connectivity index is 2.33. The molecule has 1 aliphatic carbocycles. The van der Waals surface area contributed by atoms with E-state index in [0.29, 0.717) is 0 Å². The molecule has 0 N–H and O–H groups in total. The first kappa shape index (κ1) is 11.7. The molecule has 0 unspecified atom stereocenters. The second kappa shape index (κ2) is 5.06. The second-order valence-corrected chi connectivity index (χ2v) is 4.69. The van der Waals surface area contributed by atoms with Crippen molar-refractivity contribution in [1.29, 1.82) is 0 Å². The van der Waals surface area contributed by atoms with E-state index in [4.69, 9.17) is 6.42 Å². The minimum Gasteiger partial charge on any atom is -0.120 e. The average molecular weight is 222 g/mol. The van der Waals surface area contributed by atoms with Crippen LogP contribution in [0.2, 0.25) is 0 Å². The van der Waals surface area contributed by atoms with Crippen LogP contribution in [0.25, 0.3) is 11.1 Å². The van der Waals surface area contributed by atoms with Gasteiger partial charge in [0.2, 0.25) is 0 Å². The minimum atomic E-state index is 0.865. The molecule has 0 heteroatoms. The van der Waals surface area contributed by atoms with E-state index in [1.165, 1.54) is 27.8 Å². The lowest BCUT2D eigenvalue weighted by Gasteiger charge is -2.04. The van der Waals surface area contributed by atoms with Gasteiger partial charge < -0.3 is 0 Å². The Hall–Kier alpha value is -1.74. The van der Waals surface area contributed by atoms with E-state index in [1.807, 2.05) is 0 Å². The van der Waals surface area contributed by atoms with Crippen molar-refractivity contribution in [2.75, 3.05) is 0 Å². The predicted octanol–water partition coefficient (Wildman–Crippen LogP) is 4.68. The predicted molar refractivity (Wildman–Crippen MR) is 75.4 cm³/mol. The number of terminal acetylenes is 1. The summed E-state index contributed by atoms with van der Waals surface area (Å²) in [6, 6.07) is 8.65. The Bertz CT molecular complexity index is 517. The third kappa shape index (κ3) is 2.34. The van der Waals surface area contributed by atoms with Crippen LogP contribution in [-0.2, 0) is 0 Å². The Morgan fingerprint density at radius 1 is 1.18 bits per heavy atom. The van der Waals surface area contributed by atoms with Crippen molar-refractivity contribution in [1.82, 2.24) is 0 Å². The molecular weight excluding hydrogens is 204 g/mol. The molecule has 0 saturated heterocycles. The van der Waals surface area contributed by atoms with Crippen LogP contribution in [0.3, 0.4) is 0 Å². The molecule has 0 aliphatic heterocycles. The average Bonchev–Trinajstić information content (AvgIpc) is 2.69. The van der Waals surface area contributed by atoms with Gasteiger partial charge in [-0.05, 0) is 49.0 Å². The number of hydrogen-bond acceptors (Lipinski definition) is 0. The fraction of sp³-hybridized carbons (Fsp3) is 0.294. The highest BCUT2D eigenvalue weighted by Crippen LogP contribution is 2.38. The van der Waals surface area contributed by atoms with Gasteiger partial charge in [-0.15, -0.1) is 12.3 Å². The van der Waals surface area contributed by atoms with Crippen LogP contribution in [0.4, 0.5) is 0 Å². The quantitative estimate of drug-likeness (QED) is 0.514. The Kier molecular flexibility index (Phi) is 3.49. The molecule has 86 valence electrons. The lowest BCUT2D eigenvalue weighted by atomic mass is 10.00. The number of allylic oxidation sites excluding steroid dienone is 4. The van der Waals surface area contributed by atoms with E-state index in [9.17, 15) is 0 Å². The van der Waals surface area contributed by atoms with Gasteiger partial charge >= 0.3 is 0 Å². The molecule has 0 radical (unpaired) electrons. The van der Waals surface area contributed by atoms with Gasteiger partial charge in [0.05, 0.1) is 0 Å². The standard InChI is InChI=1S/C17H18/c1-4-5-6-9-14-12-17(13(2)3)16-11-8-7-10-15(14)16/h1,7-8,10-12H,5-6,9H2,2-3H3. The zero-order valence-corrected chi connectivity index (χ0v) is 10.6. The highest BCUT2D eigenvalue weighted by Gasteiger charge is 2.17. The van der Waals surface area contributed by atoms with Gasteiger partial charge in [-0.3, -0.25) is 0 Å². The van der Waals surface area contributed by atoms with Crippen molar-refractivity contribution < 1.29 is 0 Å². The fourth-order valence-electron chi connectivity index (χ4n) is 2.33. The maximum atomic E-state index is 5.30. The molecule has 0 amide bonds. The number of unbranched alkanes of at least 4 members (excludes halogenated alkanes) is 1. The Morgan fingerprint density at radius 2 is 1.88 bits per heavy atom. The first-order chi connectivity index (χ1) is 8.24. The maximum absolute atomic E-state index is 5.30. The number of fused-ring (bicyclic) bond motifs is 1. The highest BCUT2D eigenvalue weighted by molar-refractivity contribution is 5.96. The van der Waals surface area contributed by atoms with Crippen molar-refractivity contribution in [3.63, 3.8) is 0 Å². The van der Waals surface area contributed by atoms with Crippen molar-refractivity contribution in [3.05, 3.63) is 47.0 Å². The SMILES string of the molecule is C#CCCCC1=CC(=C(C)C)c2ccccc21. The molecule has 0 heterocycles. The normalized spacial score (nSPS) is 13.0. The molecule has 1 aromatic rings. The van der Waals surface area contributed by atoms with Crippen LogP contribution >= 0.6 is 0 Å². The number of hydrogen-bond donors (Lipinski definition) is 0. The molecule has 2 rings (SSSR count). The van der Waals surface area contributed by atoms with Gasteiger partial charge in [0.1, 0.15) is 0 Å². The van der Waals surface area contributed by atoms with E-state index in [1.54, 1.807) is 0 Å². The summed E-state index contributed by atoms with van der Waals surface area (Å²) >= 11 is 0. The van der Waals surface area contributed by atoms with Crippen molar-refractivity contribution in [2.24, 2.45) is 0 Å². The van der Waals surface area contributed by atoms with Crippen molar-refractivity contribution >= 4 is 11.1 Å². The molecular formula is C17H18. The molecule has 1 aliphatic rings. The summed E-state index contributed by atoms with van der Waals surface area (Å²) in [4.78, 5) is 0. The summed E-state index contributed by atoms with van der Waals surface area (Å²) < 4.78 is 0. The smallest absolute Gasteiger partial charge is 0.00892 e. The van der Waals surface area contributed by atoms with Crippen molar-refractivity contribution in [2.45, 2.75) is 33.1 Å². The molecule has 0 bridgehead atoms. The van der Waals surface area contributed by atoms with Crippen LogP contribution in [0.15, 0.2) is 35.9 Å². The second-order valence-electron chi connectivity index (χ2n) is 4.69. The number of benzene rings is 1. The summed E-state index contributed by atoms with van der Waals surface area (Å²) in [6.45, 7) is 4.35. The van der Waals surface area contributed by atoms with Crippen LogP contribution in [-0.4, -0.2) is 0 Å². The summed E-state index contributed by atoms with van der Waals surface area (Å²) in [6.07, 6.45) is 10.7. The van der Waals surface area contributed by atoms with Crippen LogP contribution < -0.4 is 0 Å². The lowest BCUT2D eigenvalue weighted by molar-refractivity contribution is 0.899. The summed E-state index contributed by atoms with van der Waals surface area (Å²) in [7, 11) is 0. The maximum Gasteiger partial charge on any atom is 0.00892 e. The largest absolute Gasteiger partial charge is 0.120 e. The topological polar surface area (TPSA) is 0 Å². The first-order valence-corrected chi connectivity index (χ1v) is 6.15. The minimum absolute atomic E-state index is 0.865. The van der Waals surface area contributed by atoms with E-state index >= 15 is 0 Å². The molecule has 0 atom stereocenters. The molecule has 0 spiro atoms. The molecule has 0 aromatic heterocycles. The van der Waals surface area contributed by atoms with Gasteiger partial charge in [0.25, 0.3) is 0 Å². The van der Waals surface area contributed by atoms with Crippen molar-refractivity contribution in [3.8, 4) is 12.3 Å². The van der Waals surface area contributed by atoms with E-state index in [0.717, 1.165) is 19.3 Å². The number of rotatable bonds is 3. The highest BCUT2D eigenvalue weighted by atomic mass is 14.2. The third-order valence-electron chi connectivity index (χ3n) is 3.19. The molecule has 0 fully saturated rings. The monoisotopic (exact) mass is 222 g/mol. The van der Waals surface area contributed by atoms with Crippen LogP contribution in [0.1, 0.15) is 44.2 Å². The zero-order valence-electron chi connectivity index (χ0n) is 10.6. The zero-order chi connectivity index (χ0) is 12.3. The molecule has 1 aromatic carbocycles. The first-order valence-electron chi connectivity index (χ1n) is 6.15. The third-order valence-corrected chi connectivity index (χ3v) is 3.19. The van der Waals surface area contributed by atoms with Gasteiger partial charge in [-0.2, -0.15) is 0 Å². The summed E-state index contributed by atoms with van der Waals surface area (Å²) in [5, 5.41) is 0. The Labute approximate surface area is 104 Å². The van der Waals surface area contributed by atoms with Crippen LogP contribution in [0.5, 0.6) is 0 Å². The van der Waals surface area contributed by atoms with E-state index in [-0.39, 0.29) is 0 Å². The Morgan fingerprint density at radius 3 is 2.53 bits per heavy atom. The van der Waals surface area contributed by atoms with E-state index < -0.39 is 0 Å². The summed E-state index contributed by atoms with van der Waals surface area (Å²) in [5.41, 5.74) is 6.97. The van der Waals surface area contributed by atoms with Gasteiger partial charge in [0, 0.05) is 6.42 Å². The van der Waals surface area contributed by atoms with Gasteiger partial charge in [-0.1, -0.05) is 35.9 Å². The molecule has 17 heavy (non-hydrogen) atoms. The molecule has 0 nitrogen and oxygen atoms in total. The lowest BCUT2D eigenvalue weighted by Crippen LogP contribution is -1.85.